The zero-order valence-corrected chi connectivity index (χ0v) is 9.05. The SMILES string of the molecule is CN1CCC2(CCNC(=O)N2C)CC1. The number of likely N-dealkylation sites (tertiary alicyclic amines) is 1. The lowest BCUT2D eigenvalue weighted by Gasteiger charge is -2.49. The summed E-state index contributed by atoms with van der Waals surface area (Å²) in [5.41, 5.74) is 0.148. The monoisotopic (exact) mass is 197 g/mol. The Kier molecular flexibility index (Phi) is 2.39. The second-order valence-electron chi connectivity index (χ2n) is 4.57. The van der Waals surface area contributed by atoms with Gasteiger partial charge < -0.3 is 15.1 Å². The van der Waals surface area contributed by atoms with E-state index in [0.717, 1.165) is 38.9 Å². The summed E-state index contributed by atoms with van der Waals surface area (Å²) >= 11 is 0. The van der Waals surface area contributed by atoms with Crippen molar-refractivity contribution in [2.24, 2.45) is 0 Å². The quantitative estimate of drug-likeness (QED) is 0.613. The minimum absolute atomic E-state index is 0.0980. The fourth-order valence-electron chi connectivity index (χ4n) is 2.52. The summed E-state index contributed by atoms with van der Waals surface area (Å²) in [6.07, 6.45) is 3.34. The van der Waals surface area contributed by atoms with Crippen LogP contribution in [0.4, 0.5) is 4.79 Å². The maximum atomic E-state index is 11.6. The lowest BCUT2D eigenvalue weighted by molar-refractivity contribution is 0.0488. The van der Waals surface area contributed by atoms with Crippen molar-refractivity contribution in [3.63, 3.8) is 0 Å². The average molecular weight is 197 g/mol. The van der Waals surface area contributed by atoms with Crippen molar-refractivity contribution in [2.75, 3.05) is 33.7 Å². The van der Waals surface area contributed by atoms with E-state index in [4.69, 9.17) is 0 Å². The van der Waals surface area contributed by atoms with Crippen molar-refractivity contribution in [1.82, 2.24) is 15.1 Å². The minimum atomic E-state index is 0.0980. The van der Waals surface area contributed by atoms with Crippen molar-refractivity contribution < 1.29 is 4.79 Å². The molecule has 4 nitrogen and oxygen atoms in total. The molecule has 1 spiro atoms. The molecule has 14 heavy (non-hydrogen) atoms. The summed E-state index contributed by atoms with van der Waals surface area (Å²) in [6.45, 7) is 3.06. The van der Waals surface area contributed by atoms with Crippen LogP contribution in [0.15, 0.2) is 0 Å². The van der Waals surface area contributed by atoms with E-state index >= 15 is 0 Å². The molecule has 0 aliphatic carbocycles. The van der Waals surface area contributed by atoms with Crippen LogP contribution in [0, 0.1) is 0 Å². The lowest BCUT2D eigenvalue weighted by atomic mass is 9.82. The van der Waals surface area contributed by atoms with Crippen molar-refractivity contribution in [3.8, 4) is 0 Å². The fraction of sp³-hybridized carbons (Fsp3) is 0.900. The maximum Gasteiger partial charge on any atom is 0.317 e. The Balaban J connectivity index is 2.10. The van der Waals surface area contributed by atoms with Gasteiger partial charge in [0, 0.05) is 32.2 Å². The van der Waals surface area contributed by atoms with Crippen LogP contribution < -0.4 is 5.32 Å². The van der Waals surface area contributed by atoms with E-state index in [1.165, 1.54) is 0 Å². The number of hydrogen-bond acceptors (Lipinski definition) is 2. The number of amides is 2. The average Bonchev–Trinajstić information content (AvgIpc) is 2.19. The molecule has 0 aromatic rings. The molecule has 0 atom stereocenters. The first-order valence-electron chi connectivity index (χ1n) is 5.34. The van der Waals surface area contributed by atoms with Gasteiger partial charge in [0.15, 0.2) is 0 Å². The molecule has 2 amide bonds. The smallest absolute Gasteiger partial charge is 0.317 e. The van der Waals surface area contributed by atoms with Crippen LogP contribution in [-0.4, -0.2) is 55.1 Å². The van der Waals surface area contributed by atoms with Gasteiger partial charge >= 0.3 is 6.03 Å². The molecule has 0 aromatic heterocycles. The summed E-state index contributed by atoms with van der Waals surface area (Å²) in [7, 11) is 4.08. The fourth-order valence-corrected chi connectivity index (χ4v) is 2.52. The number of rotatable bonds is 0. The van der Waals surface area contributed by atoms with Crippen LogP contribution in [0.25, 0.3) is 0 Å². The third kappa shape index (κ3) is 1.47. The molecule has 2 fully saturated rings. The summed E-state index contributed by atoms with van der Waals surface area (Å²) in [5.74, 6) is 0. The molecule has 2 heterocycles. The number of piperidine rings is 1. The standard InChI is InChI=1S/C10H19N3O/c1-12-7-4-10(5-8-12)3-6-11-9(14)13(10)2/h3-8H2,1-2H3,(H,11,14). The third-order valence-electron chi connectivity index (χ3n) is 3.80. The molecule has 1 N–H and O–H groups in total. The summed E-state index contributed by atoms with van der Waals surface area (Å²) in [5, 5.41) is 2.89. The molecule has 80 valence electrons. The maximum absolute atomic E-state index is 11.6. The Morgan fingerprint density at radius 3 is 2.50 bits per heavy atom. The van der Waals surface area contributed by atoms with Crippen LogP contribution in [-0.2, 0) is 0 Å². The van der Waals surface area contributed by atoms with Crippen LogP contribution in [0.5, 0.6) is 0 Å². The van der Waals surface area contributed by atoms with Gasteiger partial charge in [0.1, 0.15) is 0 Å². The van der Waals surface area contributed by atoms with Crippen molar-refractivity contribution in [2.45, 2.75) is 24.8 Å². The molecule has 2 aliphatic heterocycles. The van der Waals surface area contributed by atoms with Gasteiger partial charge in [-0.2, -0.15) is 0 Å². The van der Waals surface area contributed by atoms with Gasteiger partial charge in [-0.1, -0.05) is 0 Å². The molecule has 0 radical (unpaired) electrons. The highest BCUT2D eigenvalue weighted by atomic mass is 16.2. The van der Waals surface area contributed by atoms with Crippen LogP contribution in [0.1, 0.15) is 19.3 Å². The van der Waals surface area contributed by atoms with E-state index in [2.05, 4.69) is 17.3 Å². The van der Waals surface area contributed by atoms with E-state index in [9.17, 15) is 4.79 Å². The van der Waals surface area contributed by atoms with Gasteiger partial charge in [-0.3, -0.25) is 0 Å². The molecule has 4 heteroatoms. The number of hydrogen-bond donors (Lipinski definition) is 1. The highest BCUT2D eigenvalue weighted by Gasteiger charge is 2.41. The highest BCUT2D eigenvalue weighted by Crippen LogP contribution is 2.32. The molecule has 0 saturated carbocycles. The first kappa shape index (κ1) is 9.77. The number of nitrogens with zero attached hydrogens (tertiary/aromatic N) is 2. The Morgan fingerprint density at radius 1 is 1.21 bits per heavy atom. The first-order chi connectivity index (χ1) is 6.64. The van der Waals surface area contributed by atoms with E-state index in [0.29, 0.717) is 0 Å². The molecular weight excluding hydrogens is 178 g/mol. The summed E-state index contributed by atoms with van der Waals surface area (Å²) in [6, 6.07) is 0.0980. The normalized spacial score (nSPS) is 27.9. The van der Waals surface area contributed by atoms with Crippen molar-refractivity contribution in [3.05, 3.63) is 0 Å². The predicted octanol–water partition coefficient (Wildman–Crippen LogP) is 0.496. The molecule has 0 bridgehead atoms. The molecule has 2 rings (SSSR count). The topological polar surface area (TPSA) is 35.6 Å². The van der Waals surface area contributed by atoms with E-state index < -0.39 is 0 Å². The first-order valence-corrected chi connectivity index (χ1v) is 5.34. The largest absolute Gasteiger partial charge is 0.338 e. The minimum Gasteiger partial charge on any atom is -0.338 e. The van der Waals surface area contributed by atoms with Crippen LogP contribution in [0.2, 0.25) is 0 Å². The third-order valence-corrected chi connectivity index (χ3v) is 3.80. The van der Waals surface area contributed by atoms with Gasteiger partial charge in [-0.15, -0.1) is 0 Å². The van der Waals surface area contributed by atoms with Gasteiger partial charge in [-0.05, 0) is 26.3 Å². The number of carbonyl (C=O) groups is 1. The second kappa shape index (κ2) is 3.42. The zero-order chi connectivity index (χ0) is 10.2. The second-order valence-corrected chi connectivity index (χ2v) is 4.57. The van der Waals surface area contributed by atoms with Crippen molar-refractivity contribution >= 4 is 6.03 Å². The summed E-state index contributed by atoms with van der Waals surface area (Å²) < 4.78 is 0. The van der Waals surface area contributed by atoms with Crippen molar-refractivity contribution in [1.29, 1.82) is 0 Å². The number of urea groups is 1. The Bertz CT molecular complexity index is 234. The molecule has 2 saturated heterocycles. The van der Waals surface area contributed by atoms with Gasteiger partial charge in [-0.25, -0.2) is 4.79 Å². The number of carbonyl (C=O) groups excluding carboxylic acids is 1. The molecular formula is C10H19N3O. The Morgan fingerprint density at radius 2 is 1.86 bits per heavy atom. The van der Waals surface area contributed by atoms with Gasteiger partial charge in [0.05, 0.1) is 0 Å². The Labute approximate surface area is 85.2 Å². The highest BCUT2D eigenvalue weighted by molar-refractivity contribution is 5.75. The zero-order valence-electron chi connectivity index (χ0n) is 9.05. The van der Waals surface area contributed by atoms with Gasteiger partial charge in [0.25, 0.3) is 0 Å². The molecule has 0 unspecified atom stereocenters. The van der Waals surface area contributed by atoms with E-state index in [1.54, 1.807) is 0 Å². The van der Waals surface area contributed by atoms with Gasteiger partial charge in [0.2, 0.25) is 0 Å². The van der Waals surface area contributed by atoms with E-state index in [1.807, 2.05) is 11.9 Å². The van der Waals surface area contributed by atoms with E-state index in [-0.39, 0.29) is 11.6 Å². The molecule has 2 aliphatic rings. The lowest BCUT2D eigenvalue weighted by Crippen LogP contribution is -2.62. The summed E-state index contributed by atoms with van der Waals surface area (Å²) in [4.78, 5) is 15.8. The van der Waals surface area contributed by atoms with Crippen LogP contribution >= 0.6 is 0 Å². The van der Waals surface area contributed by atoms with Crippen LogP contribution in [0.3, 0.4) is 0 Å². The molecule has 0 aromatic carbocycles. The number of nitrogens with one attached hydrogen (secondary N) is 1. The predicted molar refractivity (Wildman–Crippen MR) is 55.2 cm³/mol. The Hall–Kier alpha value is -0.770.